The second-order valence-electron chi connectivity index (χ2n) is 5.10. The molecule has 7 heteroatoms. The lowest BCUT2D eigenvalue weighted by Gasteiger charge is -2.10. The maximum atomic E-state index is 12.0. The zero-order valence-corrected chi connectivity index (χ0v) is 12.3. The molecule has 0 amide bonds. The molecule has 19 heavy (non-hydrogen) atoms. The van der Waals surface area contributed by atoms with Crippen molar-refractivity contribution in [2.75, 3.05) is 6.54 Å². The molecule has 1 unspecified atom stereocenters. The lowest BCUT2D eigenvalue weighted by molar-refractivity contribution is 0.548. The van der Waals surface area contributed by atoms with E-state index in [0.717, 1.165) is 13.0 Å². The van der Waals surface area contributed by atoms with Gasteiger partial charge in [0.2, 0.25) is 10.0 Å². The fourth-order valence-electron chi connectivity index (χ4n) is 1.69. The van der Waals surface area contributed by atoms with Crippen molar-refractivity contribution in [3.63, 3.8) is 0 Å². The summed E-state index contributed by atoms with van der Waals surface area (Å²) in [6.07, 6.45) is 6.24. The van der Waals surface area contributed by atoms with E-state index < -0.39 is 10.0 Å². The topological polar surface area (TPSA) is 76.0 Å². The second kappa shape index (κ2) is 6.02. The summed E-state index contributed by atoms with van der Waals surface area (Å²) in [7, 11) is -3.43. The third kappa shape index (κ3) is 4.29. The van der Waals surface area contributed by atoms with E-state index in [0.29, 0.717) is 12.6 Å². The van der Waals surface area contributed by atoms with Crippen LogP contribution >= 0.6 is 0 Å². The highest BCUT2D eigenvalue weighted by Gasteiger charge is 2.20. The summed E-state index contributed by atoms with van der Waals surface area (Å²) in [6, 6.07) is 0.593. The van der Waals surface area contributed by atoms with Crippen LogP contribution in [0, 0.1) is 0 Å². The average molecular weight is 286 g/mol. The fourth-order valence-corrected chi connectivity index (χ4v) is 2.97. The molecule has 0 bridgehead atoms. The molecule has 1 aliphatic rings. The number of nitrogens with zero attached hydrogens (tertiary/aromatic N) is 2. The summed E-state index contributed by atoms with van der Waals surface area (Å²) in [5, 5.41) is 7.46. The maximum Gasteiger partial charge on any atom is 0.243 e. The number of aromatic nitrogens is 2. The van der Waals surface area contributed by atoms with Gasteiger partial charge in [-0.2, -0.15) is 5.10 Å². The lowest BCUT2D eigenvalue weighted by Crippen LogP contribution is -2.31. The van der Waals surface area contributed by atoms with Crippen molar-refractivity contribution in [2.24, 2.45) is 0 Å². The minimum atomic E-state index is -3.43. The van der Waals surface area contributed by atoms with Crippen molar-refractivity contribution in [1.29, 1.82) is 0 Å². The second-order valence-corrected chi connectivity index (χ2v) is 6.81. The Morgan fingerprint density at radius 2 is 2.26 bits per heavy atom. The molecule has 6 nitrogen and oxygen atoms in total. The molecule has 0 saturated heterocycles. The molecular formula is C12H22N4O2S. The Morgan fingerprint density at radius 3 is 2.89 bits per heavy atom. The average Bonchev–Trinajstić information content (AvgIpc) is 3.04. The van der Waals surface area contributed by atoms with Crippen LogP contribution in [0.5, 0.6) is 0 Å². The summed E-state index contributed by atoms with van der Waals surface area (Å²) in [5.41, 5.74) is 0. The van der Waals surface area contributed by atoms with Gasteiger partial charge >= 0.3 is 0 Å². The van der Waals surface area contributed by atoms with Crippen LogP contribution in [0.2, 0.25) is 0 Å². The Labute approximate surface area is 114 Å². The first-order valence-electron chi connectivity index (χ1n) is 6.79. The van der Waals surface area contributed by atoms with Gasteiger partial charge < -0.3 is 5.32 Å². The third-order valence-electron chi connectivity index (χ3n) is 3.24. The number of nitrogens with one attached hydrogen (secondary N) is 2. The SMILES string of the molecule is CCC(C)NS(=O)(=O)c1cnn(CCNC2CC2)c1. The summed E-state index contributed by atoms with van der Waals surface area (Å²) in [5.74, 6) is 0. The molecule has 2 rings (SSSR count). The fraction of sp³-hybridized carbons (Fsp3) is 0.750. The zero-order valence-electron chi connectivity index (χ0n) is 11.5. The minimum absolute atomic E-state index is 0.0649. The Balaban J connectivity index is 1.90. The van der Waals surface area contributed by atoms with Crippen molar-refractivity contribution in [1.82, 2.24) is 19.8 Å². The van der Waals surface area contributed by atoms with Gasteiger partial charge in [-0.05, 0) is 26.2 Å². The number of hydrogen-bond acceptors (Lipinski definition) is 4. The number of hydrogen-bond donors (Lipinski definition) is 2. The van der Waals surface area contributed by atoms with Crippen molar-refractivity contribution in [3.8, 4) is 0 Å². The van der Waals surface area contributed by atoms with Gasteiger partial charge in [0, 0.05) is 24.8 Å². The lowest BCUT2D eigenvalue weighted by atomic mass is 10.3. The Kier molecular flexibility index (Phi) is 4.59. The van der Waals surface area contributed by atoms with Gasteiger partial charge in [0.05, 0.1) is 12.7 Å². The summed E-state index contributed by atoms with van der Waals surface area (Å²) in [4.78, 5) is 0.235. The molecule has 1 aromatic heterocycles. The Bertz CT molecular complexity index is 508. The summed E-state index contributed by atoms with van der Waals surface area (Å²) >= 11 is 0. The molecule has 1 atom stereocenters. The highest BCUT2D eigenvalue weighted by molar-refractivity contribution is 7.89. The van der Waals surface area contributed by atoms with Gasteiger partial charge in [0.15, 0.2) is 0 Å². The Morgan fingerprint density at radius 1 is 1.53 bits per heavy atom. The molecule has 0 spiro atoms. The monoisotopic (exact) mass is 286 g/mol. The van der Waals surface area contributed by atoms with Crippen LogP contribution in [0.15, 0.2) is 17.3 Å². The van der Waals surface area contributed by atoms with E-state index in [1.54, 1.807) is 10.9 Å². The predicted molar refractivity (Wildman–Crippen MR) is 73.3 cm³/mol. The van der Waals surface area contributed by atoms with Crippen molar-refractivity contribution >= 4 is 10.0 Å². The highest BCUT2D eigenvalue weighted by atomic mass is 32.2. The molecular weight excluding hydrogens is 264 g/mol. The smallest absolute Gasteiger partial charge is 0.243 e. The highest BCUT2D eigenvalue weighted by Crippen LogP contribution is 2.18. The van der Waals surface area contributed by atoms with Crippen LogP contribution in [0.1, 0.15) is 33.1 Å². The van der Waals surface area contributed by atoms with E-state index in [1.807, 2.05) is 13.8 Å². The molecule has 108 valence electrons. The number of sulfonamides is 1. The van der Waals surface area contributed by atoms with Crippen LogP contribution in [0.25, 0.3) is 0 Å². The van der Waals surface area contributed by atoms with Crippen LogP contribution in [-0.2, 0) is 16.6 Å². The first-order chi connectivity index (χ1) is 9.01. The Hall–Kier alpha value is -0.920. The van der Waals surface area contributed by atoms with Gasteiger partial charge in [0.1, 0.15) is 4.90 Å². The quantitative estimate of drug-likeness (QED) is 0.738. The molecule has 0 aliphatic heterocycles. The van der Waals surface area contributed by atoms with E-state index >= 15 is 0 Å². The van der Waals surface area contributed by atoms with E-state index in [9.17, 15) is 8.42 Å². The van der Waals surface area contributed by atoms with Gasteiger partial charge in [-0.3, -0.25) is 4.68 Å². The minimum Gasteiger partial charge on any atom is -0.312 e. The van der Waals surface area contributed by atoms with Gasteiger partial charge in [-0.1, -0.05) is 6.92 Å². The van der Waals surface area contributed by atoms with Crippen LogP contribution in [0.4, 0.5) is 0 Å². The molecule has 2 N–H and O–H groups in total. The van der Waals surface area contributed by atoms with Gasteiger partial charge in [-0.25, -0.2) is 13.1 Å². The first kappa shape index (κ1) is 14.5. The zero-order chi connectivity index (χ0) is 13.9. The van der Waals surface area contributed by atoms with Crippen LogP contribution < -0.4 is 10.0 Å². The van der Waals surface area contributed by atoms with E-state index in [2.05, 4.69) is 15.1 Å². The van der Waals surface area contributed by atoms with E-state index in [1.165, 1.54) is 19.0 Å². The molecule has 1 saturated carbocycles. The van der Waals surface area contributed by atoms with Gasteiger partial charge in [0.25, 0.3) is 0 Å². The third-order valence-corrected chi connectivity index (χ3v) is 4.78. The van der Waals surface area contributed by atoms with E-state index in [-0.39, 0.29) is 10.9 Å². The predicted octanol–water partition coefficient (Wildman–Crippen LogP) is 0.712. The van der Waals surface area contributed by atoms with Crippen LogP contribution in [-0.4, -0.2) is 36.8 Å². The van der Waals surface area contributed by atoms with Crippen LogP contribution in [0.3, 0.4) is 0 Å². The molecule has 1 aromatic rings. The first-order valence-corrected chi connectivity index (χ1v) is 8.27. The molecule has 1 aliphatic carbocycles. The number of rotatable bonds is 8. The van der Waals surface area contributed by atoms with Crippen molar-refractivity contribution < 1.29 is 8.42 Å². The van der Waals surface area contributed by atoms with Crippen molar-refractivity contribution in [2.45, 2.75) is 56.6 Å². The van der Waals surface area contributed by atoms with Gasteiger partial charge in [-0.15, -0.1) is 0 Å². The maximum absolute atomic E-state index is 12.0. The summed E-state index contributed by atoms with van der Waals surface area (Å²) < 4.78 is 28.3. The standard InChI is InChI=1S/C12H22N4O2S/c1-3-10(2)15-19(17,18)12-8-14-16(9-12)7-6-13-11-4-5-11/h8-11,13,15H,3-7H2,1-2H3. The summed E-state index contributed by atoms with van der Waals surface area (Å²) in [6.45, 7) is 5.31. The molecule has 0 aromatic carbocycles. The van der Waals surface area contributed by atoms with Crippen molar-refractivity contribution in [3.05, 3.63) is 12.4 Å². The van der Waals surface area contributed by atoms with E-state index in [4.69, 9.17) is 0 Å². The largest absolute Gasteiger partial charge is 0.312 e. The molecule has 1 fully saturated rings. The molecule has 1 heterocycles. The molecule has 0 radical (unpaired) electrons. The normalized spacial score (nSPS) is 17.6.